The van der Waals surface area contributed by atoms with E-state index >= 15 is 0 Å². The van der Waals surface area contributed by atoms with Crippen molar-refractivity contribution >= 4 is 151 Å². The third-order valence-corrected chi connectivity index (χ3v) is 19.0. The maximum atomic E-state index is 14.6. The number of aromatic nitrogens is 4. The Hall–Kier alpha value is -10.2. The number of nitrogens with one attached hydrogen (secondary N) is 15. The minimum absolute atomic E-state index is 0.0109. The number of nitrogens with two attached hydrogens (primary N) is 5. The molecule has 41 nitrogen and oxygen atoms in total. The van der Waals surface area contributed by atoms with E-state index in [-0.39, 0.29) is 93.6 Å². The molecule has 112 heavy (non-hydrogen) atoms. The van der Waals surface area contributed by atoms with Gasteiger partial charge in [-0.05, 0) is 69.9 Å². The fourth-order valence-corrected chi connectivity index (χ4v) is 12.2. The number of imidazole rings is 2. The zero-order valence-electron chi connectivity index (χ0n) is 62.1. The highest BCUT2D eigenvalue weighted by Crippen LogP contribution is 2.21. The quantitative estimate of drug-likeness (QED) is 0.0108. The van der Waals surface area contributed by atoms with Gasteiger partial charge in [-0.1, -0.05) is 50.6 Å². The van der Waals surface area contributed by atoms with Gasteiger partial charge in [-0.2, -0.15) is 50.5 Å². The Kier molecular flexibility index (Phi) is 41.3. The maximum Gasteiger partial charge on any atom is 0.327 e. The van der Waals surface area contributed by atoms with E-state index in [1.807, 2.05) is 0 Å². The number of hydrogen-bond acceptors (Lipinski definition) is 25. The van der Waals surface area contributed by atoms with Crippen LogP contribution in [0.1, 0.15) is 95.5 Å². The fourth-order valence-electron chi connectivity index (χ4n) is 11.1. The number of thiol groups is 4. The second-order valence-corrected chi connectivity index (χ2v) is 27.7. The summed E-state index contributed by atoms with van der Waals surface area (Å²) in [5.74, 6) is -16.4. The molecule has 0 bridgehead atoms. The van der Waals surface area contributed by atoms with Gasteiger partial charge < -0.3 is 118 Å². The van der Waals surface area contributed by atoms with Crippen molar-refractivity contribution in [1.82, 2.24) is 94.0 Å². The molecule has 15 amide bonds. The molecule has 0 radical (unpaired) electrons. The molecule has 1 aliphatic heterocycles. The van der Waals surface area contributed by atoms with Crippen LogP contribution in [0.5, 0.6) is 0 Å². The first-order valence-electron chi connectivity index (χ1n) is 35.9. The molecule has 3 aromatic rings. The SMILES string of the molecule is CC[C@H](C)[C@H](NC(=O)[C@H](Cc1ccccc1)NC(=O)[C@H](Cc1cnc[nH]1)NC(=O)[C@H](CCCCN)NC(=O)CNC(=O)[C@H](CS)NC(=O)[C@H](C)NC(=O)[C@@H]1CCCN1C(=O)[C@H](Cc1cnc[nH]1)NC(=O)[C@H](CS)NC(=O)[C@H](CS)NC(=O)[C@H](CCCN=C(N)N)NC(=O)CNC(=O)[C@@H](N)CC(N)=O)C(=O)N[C@@H](CS)C(=O)O. The number of guanidine groups is 1. The zero-order chi connectivity index (χ0) is 83.1. The summed E-state index contributed by atoms with van der Waals surface area (Å²) in [7, 11) is 0. The summed E-state index contributed by atoms with van der Waals surface area (Å²) in [6, 6.07) is -9.32. The van der Waals surface area contributed by atoms with E-state index in [1.54, 1.807) is 44.2 Å². The van der Waals surface area contributed by atoms with Crippen molar-refractivity contribution in [2.75, 3.05) is 55.7 Å². The molecule has 26 N–H and O–H groups in total. The van der Waals surface area contributed by atoms with Crippen LogP contribution in [0.2, 0.25) is 0 Å². The number of rotatable bonds is 50. The average Bonchev–Trinajstić information content (AvgIpc) is 1.65. The third kappa shape index (κ3) is 32.2. The number of H-pyrrole nitrogens is 2. The Morgan fingerprint density at radius 1 is 0.554 bits per heavy atom. The number of carboxylic acid groups (broad SMARTS) is 1. The lowest BCUT2D eigenvalue weighted by Crippen LogP contribution is -2.61. The lowest BCUT2D eigenvalue weighted by atomic mass is 9.96. The Balaban J connectivity index is 1.42. The molecule has 2 aromatic heterocycles. The standard InChI is InChI=1S/C67H104N24O17S4/c1-4-34(2)53(64(105)89-48(31-112)66(107)108)90-60(101)42(20-36-12-6-5-7-13-36)83-59(100)43(21-37-24-73-32-78-37)84-57(98)40(14-8-9-17-68)81-52(94)27-77-56(97)45(28-109)86-54(95)35(3)80-63(104)49-16-11-19-91(49)65(106)44(22-38-25-74-33-79-38)85-61(102)46(29-110)88-62(103)47(30-111)87-58(99)41(15-10-18-75-67(71)72)82-51(93)26-76-55(96)39(69)23-50(70)92/h5-7,12-13,24-25,32-35,39-49,53,109-112H,4,8-11,14-23,26-31,68-69H2,1-3H3,(H2,70,92)(H,73,78)(H,74,79)(H,76,96)(H,77,97)(H,80,104)(H,81,94)(H,82,93)(H,83,100)(H,84,98)(H,85,102)(H,86,95)(H,87,99)(H,88,103)(H,89,105)(H,90,101)(H,107,108)(H4,71,72,75)/t34-,35-,39-,40-,41-,42-,43-,44-,45-,46-,47-,48-,49-,53-/m0/s1. The van der Waals surface area contributed by atoms with Crippen LogP contribution >= 0.6 is 50.5 Å². The van der Waals surface area contributed by atoms with Crippen LogP contribution in [-0.2, 0) is 96.0 Å². The van der Waals surface area contributed by atoms with Crippen molar-refractivity contribution in [1.29, 1.82) is 0 Å². The molecule has 45 heteroatoms. The highest BCUT2D eigenvalue weighted by Gasteiger charge is 2.41. The van der Waals surface area contributed by atoms with Gasteiger partial charge in [0.05, 0.1) is 38.2 Å². The van der Waals surface area contributed by atoms with Gasteiger partial charge in [0.1, 0.15) is 72.5 Å². The number of carbonyl (C=O) groups excluding carboxylic acids is 15. The maximum absolute atomic E-state index is 14.6. The van der Waals surface area contributed by atoms with Gasteiger partial charge in [-0.15, -0.1) is 0 Å². The number of benzene rings is 1. The molecular formula is C67H104N24O17S4. The van der Waals surface area contributed by atoms with Crippen molar-refractivity contribution in [3.8, 4) is 0 Å². The fraction of sp³-hybridized carbons (Fsp3) is 0.567. The minimum Gasteiger partial charge on any atom is -0.480 e. The molecule has 0 unspecified atom stereocenters. The van der Waals surface area contributed by atoms with Crippen molar-refractivity contribution in [2.24, 2.45) is 39.6 Å². The normalized spacial score (nSPS) is 15.9. The number of amides is 15. The number of aliphatic carboxylic acids is 1. The first-order valence-corrected chi connectivity index (χ1v) is 38.4. The number of carbonyl (C=O) groups is 16. The number of aliphatic imine (C=N–C) groups is 1. The summed E-state index contributed by atoms with van der Waals surface area (Å²) >= 11 is 16.8. The molecule has 618 valence electrons. The lowest BCUT2D eigenvalue weighted by Gasteiger charge is -2.30. The molecule has 1 saturated heterocycles. The van der Waals surface area contributed by atoms with E-state index in [9.17, 15) is 81.8 Å². The summed E-state index contributed by atoms with van der Waals surface area (Å²) in [6.07, 6.45) is 5.92. The largest absolute Gasteiger partial charge is 0.480 e. The Morgan fingerprint density at radius 3 is 1.52 bits per heavy atom. The number of carboxylic acids is 1. The van der Waals surface area contributed by atoms with E-state index in [4.69, 9.17) is 28.7 Å². The van der Waals surface area contributed by atoms with E-state index in [0.717, 1.165) is 0 Å². The molecule has 1 aliphatic rings. The summed E-state index contributed by atoms with van der Waals surface area (Å²) in [5, 5.41) is 42.4. The molecule has 3 heterocycles. The van der Waals surface area contributed by atoms with Crippen LogP contribution in [0, 0.1) is 5.92 Å². The summed E-state index contributed by atoms with van der Waals surface area (Å²) in [6.45, 7) is 3.56. The highest BCUT2D eigenvalue weighted by atomic mass is 32.1. The summed E-state index contributed by atoms with van der Waals surface area (Å²) < 4.78 is 0. The van der Waals surface area contributed by atoms with Crippen LogP contribution in [0.25, 0.3) is 0 Å². The smallest absolute Gasteiger partial charge is 0.327 e. The van der Waals surface area contributed by atoms with E-state index in [0.29, 0.717) is 42.6 Å². The molecule has 1 fully saturated rings. The van der Waals surface area contributed by atoms with Crippen LogP contribution in [0.3, 0.4) is 0 Å². The van der Waals surface area contributed by atoms with Crippen LogP contribution in [0.4, 0.5) is 0 Å². The highest BCUT2D eigenvalue weighted by molar-refractivity contribution is 7.80. The van der Waals surface area contributed by atoms with Gasteiger partial charge in [0.25, 0.3) is 0 Å². The number of unbranched alkanes of at least 4 members (excludes halogenated alkanes) is 1. The van der Waals surface area contributed by atoms with Crippen molar-refractivity contribution in [3.05, 3.63) is 72.3 Å². The van der Waals surface area contributed by atoms with Gasteiger partial charge in [0.2, 0.25) is 88.6 Å². The molecule has 1 aromatic carbocycles. The van der Waals surface area contributed by atoms with Crippen LogP contribution in [-0.4, -0.2) is 265 Å². The average molecular weight is 1650 g/mol. The second-order valence-electron chi connectivity index (χ2n) is 26.2. The van der Waals surface area contributed by atoms with E-state index in [2.05, 4.69) is 145 Å². The Morgan fingerprint density at radius 2 is 1.02 bits per heavy atom. The van der Waals surface area contributed by atoms with E-state index in [1.165, 1.54) is 36.9 Å². The molecule has 0 spiro atoms. The summed E-state index contributed by atoms with van der Waals surface area (Å²) in [4.78, 5) is 235. The predicted molar refractivity (Wildman–Crippen MR) is 420 cm³/mol. The molecule has 4 rings (SSSR count). The third-order valence-electron chi connectivity index (χ3n) is 17.5. The van der Waals surface area contributed by atoms with Crippen molar-refractivity contribution in [3.63, 3.8) is 0 Å². The first-order chi connectivity index (χ1) is 53.3. The lowest BCUT2D eigenvalue weighted by molar-refractivity contribution is -0.142. The number of aromatic amines is 2. The number of nitrogens with zero attached hydrogens (tertiary/aromatic N) is 4. The van der Waals surface area contributed by atoms with Gasteiger partial charge in [0, 0.05) is 79.1 Å². The van der Waals surface area contributed by atoms with Gasteiger partial charge in [-0.3, -0.25) is 76.9 Å². The number of primary amides is 1. The van der Waals surface area contributed by atoms with Gasteiger partial charge >= 0.3 is 5.97 Å². The van der Waals surface area contributed by atoms with Gasteiger partial charge in [0.15, 0.2) is 5.96 Å². The predicted octanol–water partition coefficient (Wildman–Crippen LogP) is -8.03. The first kappa shape index (κ1) is 94.1. The molecule has 0 aliphatic carbocycles. The van der Waals surface area contributed by atoms with Gasteiger partial charge in [-0.25, -0.2) is 14.8 Å². The molecule has 14 atom stereocenters. The van der Waals surface area contributed by atoms with Crippen molar-refractivity contribution in [2.45, 2.75) is 176 Å². The number of likely N-dealkylation sites (tertiary alicyclic amines) is 1. The molecular weight excluding hydrogens is 1540 g/mol. The van der Waals surface area contributed by atoms with Crippen molar-refractivity contribution < 1.29 is 81.8 Å². The zero-order valence-corrected chi connectivity index (χ0v) is 65.6. The topological polar surface area (TPSA) is 653 Å². The summed E-state index contributed by atoms with van der Waals surface area (Å²) in [5.41, 5.74) is 28.7. The van der Waals surface area contributed by atoms with Crippen LogP contribution in [0.15, 0.2) is 60.4 Å². The Bertz CT molecular complexity index is 3700. The molecule has 0 saturated carbocycles. The minimum atomic E-state index is -1.48. The monoisotopic (exact) mass is 1640 g/mol. The van der Waals surface area contributed by atoms with E-state index < -0.39 is 199 Å². The second kappa shape index (κ2) is 49.2. The van der Waals surface area contributed by atoms with Crippen LogP contribution < -0.4 is 97.8 Å². The Labute approximate surface area is 667 Å². The number of hydrogen-bond donors (Lipinski definition) is 25.